The summed E-state index contributed by atoms with van der Waals surface area (Å²) in [6, 6.07) is 71.2. The summed E-state index contributed by atoms with van der Waals surface area (Å²) in [5, 5.41) is 34.7. The van der Waals surface area contributed by atoms with Gasteiger partial charge in [0, 0.05) is 65.6 Å². The average Bonchev–Trinajstić information content (AvgIpc) is 1.60. The Balaban J connectivity index is 1.23. The van der Waals surface area contributed by atoms with Gasteiger partial charge >= 0.3 is 0 Å². The third-order valence-electron chi connectivity index (χ3n) is 19.6. The molecule has 0 saturated carbocycles. The standard InChI is InChI=1S/C68H50B10N6/c69-55-53(56(70)60(74)63(77)59(55)73)51-42(32-80)68(84-46-26-14-10-22-40(46)50-48(84)30-28-38-36-20-8-12-24-44(36)82(66(38)50)34-17-5-2-6-18-34)52(54-57(71)61(75)64(78)62(76)58(54)72)41(31-79)67(51)83-45-25-13-9-21-39(45)49-47(83)29-27-37-35-19-7-11-23-43(35)81(65(37)49)33-15-3-1-4-16-33/h1-30H,69-78H2. The Hall–Kier alpha value is -9.75. The SMILES string of the molecule is Bc1c(B)c(B)c(-c2c(C#N)c(-n3c4ccccc4c4c3ccc3c5ccccc5n(-c5ccccc5)c34)c(-c3c(B)c(B)c(B)c(B)c3B)c(C#N)c2-n2c3ccccc3c3c2ccc2c4ccccc4n(-c4ccccc4)c23)c(B)c1B. The van der Waals surface area contributed by atoms with Gasteiger partial charge in [-0.15, -0.1) is 32.8 Å². The predicted octanol–water partition coefficient (Wildman–Crippen LogP) is -0.264. The van der Waals surface area contributed by atoms with Gasteiger partial charge in [-0.25, -0.2) is 0 Å². The predicted molar refractivity (Wildman–Crippen MR) is 386 cm³/mol. The lowest BCUT2D eigenvalue weighted by molar-refractivity contribution is 1.13. The fourth-order valence-electron chi connectivity index (χ4n) is 14.8. The molecular weight excluding hydrogens is 1010 g/mol. The highest BCUT2D eigenvalue weighted by molar-refractivity contribution is 6.70. The first kappa shape index (κ1) is 51.2. The molecule has 0 unspecified atom stereocenters. The van der Waals surface area contributed by atoms with Crippen molar-refractivity contribution in [2.75, 3.05) is 0 Å². The minimum Gasteiger partial charge on any atom is -0.309 e. The molecule has 4 aromatic heterocycles. The maximum atomic E-state index is 12.9. The largest absolute Gasteiger partial charge is 0.309 e. The van der Waals surface area contributed by atoms with E-state index in [0.717, 1.165) is 165 Å². The molecule has 0 N–H and O–H groups in total. The number of para-hydroxylation sites is 6. The monoisotopic (exact) mass is 1060 g/mol. The number of hydrogen-bond donors (Lipinski definition) is 0. The van der Waals surface area contributed by atoms with Crippen molar-refractivity contribution in [3.8, 4) is 57.1 Å². The molecule has 16 heteroatoms. The van der Waals surface area contributed by atoms with Crippen LogP contribution in [0.5, 0.6) is 0 Å². The summed E-state index contributed by atoms with van der Waals surface area (Å²) in [5.74, 6) is 0. The molecule has 0 aliphatic heterocycles. The molecule has 382 valence electrons. The number of hydrogen-bond acceptors (Lipinski definition) is 2. The quantitative estimate of drug-likeness (QED) is 0.216. The average molecular weight is 1060 g/mol. The van der Waals surface area contributed by atoms with E-state index >= 15 is 0 Å². The summed E-state index contributed by atoms with van der Waals surface area (Å²) < 4.78 is 9.53. The van der Waals surface area contributed by atoms with Gasteiger partial charge in [-0.3, -0.25) is 0 Å². The first-order chi connectivity index (χ1) is 40.9. The Morgan fingerprint density at radius 2 is 0.536 bits per heavy atom. The van der Waals surface area contributed by atoms with Gasteiger partial charge < -0.3 is 18.3 Å². The second-order valence-corrected chi connectivity index (χ2v) is 23.2. The lowest BCUT2D eigenvalue weighted by Crippen LogP contribution is -2.55. The third kappa shape index (κ3) is 6.80. The van der Waals surface area contributed by atoms with Crippen molar-refractivity contribution in [3.05, 3.63) is 193 Å². The van der Waals surface area contributed by atoms with Gasteiger partial charge in [0.1, 0.15) is 90.6 Å². The van der Waals surface area contributed by atoms with Crippen LogP contribution in [0.15, 0.2) is 182 Å². The van der Waals surface area contributed by atoms with Crippen molar-refractivity contribution < 1.29 is 0 Å². The van der Waals surface area contributed by atoms with E-state index < -0.39 is 0 Å². The number of nitriles is 2. The normalized spacial score (nSPS) is 11.8. The van der Waals surface area contributed by atoms with Crippen molar-refractivity contribution >= 4 is 220 Å². The van der Waals surface area contributed by atoms with E-state index in [-0.39, 0.29) is 0 Å². The van der Waals surface area contributed by atoms with Crippen LogP contribution < -0.4 is 54.6 Å². The number of nitrogens with zero attached hydrogens (tertiary/aromatic N) is 6. The van der Waals surface area contributed by atoms with Gasteiger partial charge in [0.25, 0.3) is 0 Å². The Morgan fingerprint density at radius 1 is 0.250 bits per heavy atom. The van der Waals surface area contributed by atoms with Gasteiger partial charge in [0.05, 0.1) is 66.6 Å². The molecule has 0 spiro atoms. The van der Waals surface area contributed by atoms with Crippen LogP contribution in [0.4, 0.5) is 0 Å². The molecular formula is C68H50B10N6. The van der Waals surface area contributed by atoms with Crippen LogP contribution >= 0.6 is 0 Å². The first-order valence-electron chi connectivity index (χ1n) is 29.1. The molecule has 6 nitrogen and oxygen atoms in total. The molecule has 0 radical (unpaired) electrons. The van der Waals surface area contributed by atoms with Crippen LogP contribution in [0, 0.1) is 22.7 Å². The molecule has 11 aromatic carbocycles. The molecule has 0 saturated heterocycles. The Labute approximate surface area is 496 Å². The maximum absolute atomic E-state index is 12.9. The summed E-state index contributed by atoms with van der Waals surface area (Å²) >= 11 is 0. The summed E-state index contributed by atoms with van der Waals surface area (Å²) in [6.07, 6.45) is 0. The van der Waals surface area contributed by atoms with E-state index in [1.807, 2.05) is 0 Å². The summed E-state index contributed by atoms with van der Waals surface area (Å²) in [7, 11) is 22.1. The molecule has 0 aliphatic carbocycles. The number of fused-ring (bicyclic) bond motifs is 14. The van der Waals surface area contributed by atoms with E-state index in [2.05, 4.69) is 291 Å². The van der Waals surface area contributed by atoms with Crippen molar-refractivity contribution in [1.29, 1.82) is 10.5 Å². The van der Waals surface area contributed by atoms with Crippen LogP contribution in [0.2, 0.25) is 0 Å². The van der Waals surface area contributed by atoms with Gasteiger partial charge in [0.15, 0.2) is 0 Å². The molecule has 0 amide bonds. The topological polar surface area (TPSA) is 67.3 Å². The minimum atomic E-state index is 0.499. The highest BCUT2D eigenvalue weighted by atomic mass is 15.0. The first-order valence-corrected chi connectivity index (χ1v) is 29.1. The number of benzene rings is 11. The molecule has 0 bridgehead atoms. The van der Waals surface area contributed by atoms with Crippen molar-refractivity contribution in [1.82, 2.24) is 18.3 Å². The van der Waals surface area contributed by atoms with E-state index in [0.29, 0.717) is 22.5 Å². The fraction of sp³-hybridized carbons (Fsp3) is 0. The van der Waals surface area contributed by atoms with Gasteiger partial charge in [-0.2, -0.15) is 10.5 Å². The van der Waals surface area contributed by atoms with Gasteiger partial charge in [-0.05, 0) is 71.8 Å². The second kappa shape index (κ2) is 18.9. The van der Waals surface area contributed by atoms with E-state index in [1.54, 1.807) is 0 Å². The zero-order valence-corrected chi connectivity index (χ0v) is 49.0. The smallest absolute Gasteiger partial charge is 0.139 e. The Bertz CT molecular complexity index is 5130. The molecule has 0 fully saturated rings. The Kier molecular flexibility index (Phi) is 11.5. The fourth-order valence-corrected chi connectivity index (χ4v) is 14.8. The summed E-state index contributed by atoms with van der Waals surface area (Å²) in [5.41, 5.74) is 27.5. The molecule has 0 aliphatic rings. The van der Waals surface area contributed by atoms with Crippen LogP contribution in [-0.4, -0.2) is 96.7 Å². The lowest BCUT2D eigenvalue weighted by atomic mass is 9.58. The van der Waals surface area contributed by atoms with Gasteiger partial charge in [-0.1, -0.05) is 143 Å². The van der Waals surface area contributed by atoms with E-state index in [9.17, 15) is 10.5 Å². The van der Waals surface area contributed by atoms with Crippen LogP contribution in [0.25, 0.3) is 132 Å². The Morgan fingerprint density at radius 3 is 0.869 bits per heavy atom. The lowest BCUT2D eigenvalue weighted by Gasteiger charge is -2.30. The minimum absolute atomic E-state index is 0.499. The highest BCUT2D eigenvalue weighted by Gasteiger charge is 2.35. The van der Waals surface area contributed by atoms with Gasteiger partial charge in [0.2, 0.25) is 0 Å². The third-order valence-corrected chi connectivity index (χ3v) is 19.6. The molecule has 84 heavy (non-hydrogen) atoms. The van der Waals surface area contributed by atoms with Crippen molar-refractivity contribution in [2.24, 2.45) is 0 Å². The molecule has 15 aromatic rings. The molecule has 0 atom stereocenters. The van der Waals surface area contributed by atoms with Crippen LogP contribution in [0.1, 0.15) is 11.1 Å². The van der Waals surface area contributed by atoms with Crippen LogP contribution in [-0.2, 0) is 0 Å². The number of aromatic nitrogens is 4. The van der Waals surface area contributed by atoms with E-state index in [1.165, 1.54) is 10.9 Å². The highest BCUT2D eigenvalue weighted by Crippen LogP contribution is 2.50. The zero-order valence-electron chi connectivity index (χ0n) is 49.0. The van der Waals surface area contributed by atoms with E-state index in [4.69, 9.17) is 0 Å². The second-order valence-electron chi connectivity index (χ2n) is 23.2. The zero-order chi connectivity index (χ0) is 57.7. The number of rotatable bonds is 6. The molecule has 4 heterocycles. The summed E-state index contributed by atoms with van der Waals surface area (Å²) in [4.78, 5) is 0. The maximum Gasteiger partial charge on any atom is 0.139 e. The summed E-state index contributed by atoms with van der Waals surface area (Å²) in [6.45, 7) is 0. The van der Waals surface area contributed by atoms with Crippen molar-refractivity contribution in [3.63, 3.8) is 0 Å². The van der Waals surface area contributed by atoms with Crippen LogP contribution in [0.3, 0.4) is 0 Å². The van der Waals surface area contributed by atoms with Crippen molar-refractivity contribution in [2.45, 2.75) is 0 Å². The molecule has 15 rings (SSSR count).